The van der Waals surface area contributed by atoms with E-state index in [9.17, 15) is 4.79 Å². The molecule has 0 spiro atoms. The molecule has 96 valence electrons. The van der Waals surface area contributed by atoms with Crippen molar-refractivity contribution in [3.8, 4) is 0 Å². The number of hydrogen-bond donors (Lipinski definition) is 1. The summed E-state index contributed by atoms with van der Waals surface area (Å²) in [4.78, 5) is 16.0. The van der Waals surface area contributed by atoms with Gasteiger partial charge in [0.05, 0.1) is 12.3 Å². The smallest absolute Gasteiger partial charge is 0.313 e. The van der Waals surface area contributed by atoms with Gasteiger partial charge in [-0.2, -0.15) is 0 Å². The number of carboxylic acids is 1. The number of nitrogens with zero attached hydrogens (tertiary/aromatic N) is 5. The summed E-state index contributed by atoms with van der Waals surface area (Å²) in [6, 6.07) is 0. The number of hydrogen-bond acceptors (Lipinski definition) is 7. The first kappa shape index (κ1) is 13.0. The second-order valence-corrected chi connectivity index (χ2v) is 5.52. The summed E-state index contributed by atoms with van der Waals surface area (Å²) in [5, 5.41) is 21.2. The van der Waals surface area contributed by atoms with Crippen molar-refractivity contribution in [2.75, 3.05) is 5.75 Å². The fraction of sp³-hybridized carbons (Fsp3) is 0.444. The molecule has 0 radical (unpaired) electrons. The first-order valence-electron chi connectivity index (χ1n) is 5.23. The van der Waals surface area contributed by atoms with Gasteiger partial charge < -0.3 is 5.11 Å². The molecular formula is C9H11N5O2S2. The van der Waals surface area contributed by atoms with Crippen LogP contribution in [-0.4, -0.2) is 42.0 Å². The molecule has 18 heavy (non-hydrogen) atoms. The highest BCUT2D eigenvalue weighted by Gasteiger charge is 2.11. The molecule has 0 bridgehead atoms. The van der Waals surface area contributed by atoms with Gasteiger partial charge in [0.1, 0.15) is 5.01 Å². The molecule has 2 aromatic heterocycles. The number of thioether (sulfide) groups is 1. The second kappa shape index (κ2) is 5.91. The van der Waals surface area contributed by atoms with Gasteiger partial charge in [0.25, 0.3) is 0 Å². The Balaban J connectivity index is 2.04. The van der Waals surface area contributed by atoms with Gasteiger partial charge >= 0.3 is 5.97 Å². The molecule has 2 heterocycles. The minimum absolute atomic E-state index is 0.0571. The van der Waals surface area contributed by atoms with Crippen LogP contribution >= 0.6 is 23.1 Å². The number of tetrazole rings is 1. The second-order valence-electron chi connectivity index (χ2n) is 3.38. The SMILES string of the molecule is CCc1cnc(Cn2nnnc2SCC(=O)O)s1. The summed E-state index contributed by atoms with van der Waals surface area (Å²) in [5.41, 5.74) is 0. The number of aliphatic carboxylic acids is 1. The molecule has 2 rings (SSSR count). The van der Waals surface area contributed by atoms with E-state index in [4.69, 9.17) is 5.11 Å². The van der Waals surface area contributed by atoms with E-state index < -0.39 is 5.97 Å². The normalized spacial score (nSPS) is 10.7. The van der Waals surface area contributed by atoms with Gasteiger partial charge in [-0.3, -0.25) is 4.79 Å². The number of thiazole rings is 1. The van der Waals surface area contributed by atoms with E-state index in [1.54, 1.807) is 16.0 Å². The molecule has 0 aromatic carbocycles. The van der Waals surface area contributed by atoms with Crippen molar-refractivity contribution in [2.45, 2.75) is 25.0 Å². The fourth-order valence-corrected chi connectivity index (χ4v) is 2.68. The van der Waals surface area contributed by atoms with Crippen LogP contribution in [0.1, 0.15) is 16.8 Å². The number of carbonyl (C=O) groups is 1. The Morgan fingerprint density at radius 1 is 1.61 bits per heavy atom. The third-order valence-electron chi connectivity index (χ3n) is 2.06. The predicted molar refractivity (Wildman–Crippen MR) is 66.8 cm³/mol. The largest absolute Gasteiger partial charge is 0.481 e. The zero-order chi connectivity index (χ0) is 13.0. The minimum Gasteiger partial charge on any atom is -0.481 e. The van der Waals surface area contributed by atoms with E-state index in [0.29, 0.717) is 11.7 Å². The van der Waals surface area contributed by atoms with Crippen LogP contribution in [0, 0.1) is 0 Å². The van der Waals surface area contributed by atoms with Crippen LogP contribution in [0.4, 0.5) is 0 Å². The first-order valence-corrected chi connectivity index (χ1v) is 7.03. The highest BCUT2D eigenvalue weighted by atomic mass is 32.2. The van der Waals surface area contributed by atoms with Crippen LogP contribution in [0.3, 0.4) is 0 Å². The molecule has 9 heteroatoms. The zero-order valence-electron chi connectivity index (χ0n) is 9.61. The minimum atomic E-state index is -0.892. The molecule has 0 saturated carbocycles. The van der Waals surface area contributed by atoms with Gasteiger partial charge in [0.2, 0.25) is 5.16 Å². The first-order chi connectivity index (χ1) is 8.69. The van der Waals surface area contributed by atoms with Gasteiger partial charge in [-0.25, -0.2) is 9.67 Å². The quantitative estimate of drug-likeness (QED) is 0.788. The van der Waals surface area contributed by atoms with Crippen LogP contribution in [0.15, 0.2) is 11.4 Å². The Bertz CT molecular complexity index is 539. The Labute approximate surface area is 111 Å². The van der Waals surface area contributed by atoms with Crippen molar-refractivity contribution in [1.82, 2.24) is 25.2 Å². The van der Waals surface area contributed by atoms with Crippen molar-refractivity contribution in [1.29, 1.82) is 0 Å². The maximum atomic E-state index is 10.5. The van der Waals surface area contributed by atoms with E-state index in [1.807, 2.05) is 6.20 Å². The predicted octanol–water partition coefficient (Wildman–Crippen LogP) is 0.917. The molecule has 0 saturated heterocycles. The maximum Gasteiger partial charge on any atom is 0.313 e. The van der Waals surface area contributed by atoms with Crippen LogP contribution in [0.2, 0.25) is 0 Å². The van der Waals surface area contributed by atoms with Gasteiger partial charge in [-0.15, -0.1) is 16.4 Å². The third kappa shape index (κ3) is 3.26. The van der Waals surface area contributed by atoms with Gasteiger partial charge in [0.15, 0.2) is 0 Å². The van der Waals surface area contributed by atoms with Crippen molar-refractivity contribution in [3.05, 3.63) is 16.1 Å². The summed E-state index contributed by atoms with van der Waals surface area (Å²) in [6.07, 6.45) is 2.79. The summed E-state index contributed by atoms with van der Waals surface area (Å²) in [5.74, 6) is -0.949. The third-order valence-corrected chi connectivity index (χ3v) is 4.13. The molecule has 0 unspecified atom stereocenters. The van der Waals surface area contributed by atoms with Crippen LogP contribution < -0.4 is 0 Å². The molecule has 0 fully saturated rings. The number of rotatable bonds is 6. The van der Waals surface area contributed by atoms with E-state index in [1.165, 1.54) is 4.88 Å². The lowest BCUT2D eigenvalue weighted by Gasteiger charge is -1.99. The average molecular weight is 285 g/mol. The molecule has 7 nitrogen and oxygen atoms in total. The van der Waals surface area contributed by atoms with Gasteiger partial charge in [-0.05, 0) is 16.8 Å². The molecular weight excluding hydrogens is 274 g/mol. The van der Waals surface area contributed by atoms with E-state index in [2.05, 4.69) is 27.4 Å². The fourth-order valence-electron chi connectivity index (χ4n) is 1.24. The average Bonchev–Trinajstić information content (AvgIpc) is 2.96. The Morgan fingerprint density at radius 2 is 2.44 bits per heavy atom. The highest BCUT2D eigenvalue weighted by molar-refractivity contribution is 7.99. The van der Waals surface area contributed by atoms with Crippen molar-refractivity contribution in [3.63, 3.8) is 0 Å². The van der Waals surface area contributed by atoms with Gasteiger partial charge in [-0.1, -0.05) is 18.7 Å². The summed E-state index contributed by atoms with van der Waals surface area (Å²) in [7, 11) is 0. The van der Waals surface area contributed by atoms with E-state index in [0.717, 1.165) is 23.2 Å². The lowest BCUT2D eigenvalue weighted by Crippen LogP contribution is -2.05. The lowest BCUT2D eigenvalue weighted by atomic mass is 10.4. The molecule has 0 amide bonds. The van der Waals surface area contributed by atoms with Crippen molar-refractivity contribution < 1.29 is 9.90 Å². The van der Waals surface area contributed by atoms with Crippen molar-refractivity contribution >= 4 is 29.1 Å². The monoisotopic (exact) mass is 285 g/mol. The lowest BCUT2D eigenvalue weighted by molar-refractivity contribution is -0.133. The zero-order valence-corrected chi connectivity index (χ0v) is 11.2. The molecule has 0 atom stereocenters. The maximum absolute atomic E-state index is 10.5. The van der Waals surface area contributed by atoms with Crippen molar-refractivity contribution in [2.24, 2.45) is 0 Å². The Morgan fingerprint density at radius 3 is 3.11 bits per heavy atom. The van der Waals surface area contributed by atoms with Crippen LogP contribution in [0.5, 0.6) is 0 Å². The molecule has 0 aliphatic rings. The number of carboxylic acid groups (broad SMARTS) is 1. The number of aryl methyl sites for hydroxylation is 1. The Hall–Kier alpha value is -1.48. The highest BCUT2D eigenvalue weighted by Crippen LogP contribution is 2.18. The number of aromatic nitrogens is 5. The van der Waals surface area contributed by atoms with Crippen LogP contribution in [0.25, 0.3) is 0 Å². The van der Waals surface area contributed by atoms with Crippen LogP contribution in [-0.2, 0) is 17.8 Å². The molecule has 1 N–H and O–H groups in total. The van der Waals surface area contributed by atoms with Gasteiger partial charge in [0, 0.05) is 11.1 Å². The molecule has 2 aromatic rings. The van der Waals surface area contributed by atoms with E-state index in [-0.39, 0.29) is 5.75 Å². The summed E-state index contributed by atoms with van der Waals surface area (Å²) < 4.78 is 1.56. The molecule has 0 aliphatic carbocycles. The summed E-state index contributed by atoms with van der Waals surface area (Å²) >= 11 is 2.71. The Kier molecular flexibility index (Phi) is 4.26. The summed E-state index contributed by atoms with van der Waals surface area (Å²) in [6.45, 7) is 2.54. The van der Waals surface area contributed by atoms with E-state index >= 15 is 0 Å². The molecule has 0 aliphatic heterocycles. The topological polar surface area (TPSA) is 93.8 Å². The standard InChI is InChI=1S/C9H11N5O2S2/c1-2-6-3-10-7(18-6)4-14-9(11-12-13-14)17-5-8(15)16/h3H,2,4-5H2,1H3,(H,15,16).